The maximum atomic E-state index is 5.86. The zero-order chi connectivity index (χ0) is 18.6. The largest absolute Gasteiger partial charge is 0.497 e. The molecule has 0 amide bonds. The first-order valence-electron chi connectivity index (χ1n) is 8.49. The van der Waals surface area contributed by atoms with Gasteiger partial charge in [-0.05, 0) is 65.9 Å². The standard InChI is InChI=1S/C22H18N2O2S/c1-25-19-11-7-16(8-12-19)15-3-5-17(6-4-15)21-23-24-22(26-21)18-9-13-20(27-2)14-10-18/h3-14H,1-2H3. The normalized spacial score (nSPS) is 10.7. The van der Waals surface area contributed by atoms with Crippen LogP contribution in [0.1, 0.15) is 0 Å². The van der Waals surface area contributed by atoms with Crippen LogP contribution in [0.3, 0.4) is 0 Å². The lowest BCUT2D eigenvalue weighted by Crippen LogP contribution is -1.83. The molecule has 1 aromatic heterocycles. The van der Waals surface area contributed by atoms with E-state index in [0.717, 1.165) is 28.0 Å². The third kappa shape index (κ3) is 3.73. The van der Waals surface area contributed by atoms with Crippen LogP contribution in [-0.4, -0.2) is 23.6 Å². The van der Waals surface area contributed by atoms with Gasteiger partial charge in [0.05, 0.1) is 7.11 Å². The average molecular weight is 374 g/mol. The Morgan fingerprint density at radius 1 is 0.667 bits per heavy atom. The van der Waals surface area contributed by atoms with Gasteiger partial charge in [0.2, 0.25) is 11.8 Å². The highest BCUT2D eigenvalue weighted by atomic mass is 32.2. The van der Waals surface area contributed by atoms with Crippen LogP contribution in [0.15, 0.2) is 82.1 Å². The van der Waals surface area contributed by atoms with Gasteiger partial charge in [0.25, 0.3) is 0 Å². The van der Waals surface area contributed by atoms with Gasteiger partial charge in [-0.2, -0.15) is 0 Å². The summed E-state index contributed by atoms with van der Waals surface area (Å²) < 4.78 is 11.1. The molecule has 0 saturated heterocycles. The predicted octanol–water partition coefficient (Wildman–Crippen LogP) is 5.80. The quantitative estimate of drug-likeness (QED) is 0.413. The second kappa shape index (κ2) is 7.68. The van der Waals surface area contributed by atoms with E-state index in [1.807, 2.05) is 72.8 Å². The fourth-order valence-electron chi connectivity index (χ4n) is 2.78. The summed E-state index contributed by atoms with van der Waals surface area (Å²) in [7, 11) is 1.67. The molecular formula is C22H18N2O2S. The highest BCUT2D eigenvalue weighted by molar-refractivity contribution is 7.98. The minimum absolute atomic E-state index is 0.514. The minimum atomic E-state index is 0.514. The van der Waals surface area contributed by atoms with Gasteiger partial charge in [-0.25, -0.2) is 0 Å². The molecule has 0 fully saturated rings. The van der Waals surface area contributed by atoms with E-state index < -0.39 is 0 Å². The summed E-state index contributed by atoms with van der Waals surface area (Å²) >= 11 is 1.70. The molecule has 27 heavy (non-hydrogen) atoms. The monoisotopic (exact) mass is 374 g/mol. The first-order valence-corrected chi connectivity index (χ1v) is 9.72. The molecule has 0 aliphatic heterocycles. The highest BCUT2D eigenvalue weighted by Gasteiger charge is 2.11. The van der Waals surface area contributed by atoms with Crippen LogP contribution in [0.2, 0.25) is 0 Å². The Balaban J connectivity index is 1.56. The van der Waals surface area contributed by atoms with Crippen LogP contribution in [-0.2, 0) is 0 Å². The zero-order valence-electron chi connectivity index (χ0n) is 15.0. The van der Waals surface area contributed by atoms with Gasteiger partial charge in [-0.3, -0.25) is 0 Å². The molecule has 5 heteroatoms. The van der Waals surface area contributed by atoms with E-state index in [1.165, 1.54) is 4.90 Å². The molecule has 0 unspecified atom stereocenters. The summed E-state index contributed by atoms with van der Waals surface area (Å²) in [5.74, 6) is 1.89. The van der Waals surface area contributed by atoms with Crippen molar-refractivity contribution in [2.75, 3.05) is 13.4 Å². The molecule has 4 nitrogen and oxygen atoms in total. The Bertz CT molecular complexity index is 1020. The molecule has 0 saturated carbocycles. The summed E-state index contributed by atoms with van der Waals surface area (Å²) in [6, 6.07) is 24.2. The number of methoxy groups -OCH3 is 1. The Labute approximate surface area is 162 Å². The van der Waals surface area contributed by atoms with E-state index in [9.17, 15) is 0 Å². The van der Waals surface area contributed by atoms with E-state index in [1.54, 1.807) is 18.9 Å². The number of nitrogens with zero attached hydrogens (tertiary/aromatic N) is 2. The molecule has 0 radical (unpaired) electrons. The Kier molecular flexibility index (Phi) is 4.94. The first kappa shape index (κ1) is 17.4. The van der Waals surface area contributed by atoms with Gasteiger partial charge in [-0.15, -0.1) is 22.0 Å². The van der Waals surface area contributed by atoms with Crippen LogP contribution in [0.25, 0.3) is 34.0 Å². The first-order chi connectivity index (χ1) is 13.3. The number of hydrogen-bond donors (Lipinski definition) is 0. The Morgan fingerprint density at radius 3 is 1.59 bits per heavy atom. The smallest absolute Gasteiger partial charge is 0.248 e. The summed E-state index contributed by atoms with van der Waals surface area (Å²) in [4.78, 5) is 1.20. The van der Waals surface area contributed by atoms with Crippen LogP contribution < -0.4 is 4.74 Å². The van der Waals surface area contributed by atoms with Gasteiger partial charge >= 0.3 is 0 Å². The molecule has 1 heterocycles. The van der Waals surface area contributed by atoms with Gasteiger partial charge in [0.1, 0.15) is 5.75 Å². The molecule has 0 bridgehead atoms. The third-order valence-electron chi connectivity index (χ3n) is 4.32. The maximum Gasteiger partial charge on any atom is 0.248 e. The second-order valence-corrected chi connectivity index (χ2v) is 6.83. The van der Waals surface area contributed by atoms with Crippen molar-refractivity contribution in [2.45, 2.75) is 4.90 Å². The van der Waals surface area contributed by atoms with E-state index in [4.69, 9.17) is 9.15 Å². The molecule has 4 aromatic rings. The topological polar surface area (TPSA) is 48.2 Å². The molecule has 0 aliphatic carbocycles. The SMILES string of the molecule is COc1ccc(-c2ccc(-c3nnc(-c4ccc(SC)cc4)o3)cc2)cc1. The van der Waals surface area contributed by atoms with Crippen molar-refractivity contribution in [3.05, 3.63) is 72.8 Å². The third-order valence-corrected chi connectivity index (χ3v) is 5.06. The number of hydrogen-bond acceptors (Lipinski definition) is 5. The Morgan fingerprint density at radius 2 is 1.11 bits per heavy atom. The van der Waals surface area contributed by atoms with E-state index >= 15 is 0 Å². The number of benzene rings is 3. The van der Waals surface area contributed by atoms with Crippen LogP contribution in [0.5, 0.6) is 5.75 Å². The van der Waals surface area contributed by atoms with Crippen LogP contribution in [0, 0.1) is 0 Å². The number of thioether (sulfide) groups is 1. The summed E-state index contributed by atoms with van der Waals surface area (Å²) in [6.07, 6.45) is 2.05. The van der Waals surface area contributed by atoms with E-state index in [0.29, 0.717) is 11.8 Å². The Hall–Kier alpha value is -3.05. The minimum Gasteiger partial charge on any atom is -0.497 e. The number of ether oxygens (including phenoxy) is 1. The zero-order valence-corrected chi connectivity index (χ0v) is 15.9. The van der Waals surface area contributed by atoms with E-state index in [-0.39, 0.29) is 0 Å². The van der Waals surface area contributed by atoms with E-state index in [2.05, 4.69) is 16.5 Å². The summed E-state index contributed by atoms with van der Waals surface area (Å²) in [5, 5.41) is 8.37. The van der Waals surface area contributed by atoms with Gasteiger partial charge < -0.3 is 9.15 Å². The summed E-state index contributed by atoms with van der Waals surface area (Å²) in [6.45, 7) is 0. The molecular weight excluding hydrogens is 356 g/mol. The second-order valence-electron chi connectivity index (χ2n) is 5.95. The molecule has 0 N–H and O–H groups in total. The molecule has 134 valence electrons. The fourth-order valence-corrected chi connectivity index (χ4v) is 3.19. The average Bonchev–Trinajstić information content (AvgIpc) is 3.24. The van der Waals surface area contributed by atoms with Gasteiger partial charge in [0.15, 0.2) is 0 Å². The van der Waals surface area contributed by atoms with Gasteiger partial charge in [0, 0.05) is 16.0 Å². The van der Waals surface area contributed by atoms with Crippen LogP contribution >= 0.6 is 11.8 Å². The molecule has 0 atom stereocenters. The fraction of sp³-hybridized carbons (Fsp3) is 0.0909. The van der Waals surface area contributed by atoms with Crippen molar-refractivity contribution >= 4 is 11.8 Å². The van der Waals surface area contributed by atoms with Crippen molar-refractivity contribution in [1.82, 2.24) is 10.2 Å². The van der Waals surface area contributed by atoms with Crippen molar-refractivity contribution in [2.24, 2.45) is 0 Å². The number of rotatable bonds is 5. The lowest BCUT2D eigenvalue weighted by atomic mass is 10.0. The molecule has 3 aromatic carbocycles. The molecule has 0 aliphatic rings. The number of aromatic nitrogens is 2. The molecule has 4 rings (SSSR count). The lowest BCUT2D eigenvalue weighted by Gasteiger charge is -2.04. The molecule has 0 spiro atoms. The maximum absolute atomic E-state index is 5.86. The summed E-state index contributed by atoms with van der Waals surface area (Å²) in [5.41, 5.74) is 4.06. The van der Waals surface area contributed by atoms with Crippen molar-refractivity contribution in [3.8, 4) is 39.8 Å². The van der Waals surface area contributed by atoms with Crippen molar-refractivity contribution in [3.63, 3.8) is 0 Å². The van der Waals surface area contributed by atoms with Crippen molar-refractivity contribution < 1.29 is 9.15 Å². The highest BCUT2D eigenvalue weighted by Crippen LogP contribution is 2.28. The predicted molar refractivity (Wildman–Crippen MR) is 109 cm³/mol. The van der Waals surface area contributed by atoms with Crippen molar-refractivity contribution in [1.29, 1.82) is 0 Å². The van der Waals surface area contributed by atoms with Gasteiger partial charge in [-0.1, -0.05) is 24.3 Å². The lowest BCUT2D eigenvalue weighted by molar-refractivity contribution is 0.415. The van der Waals surface area contributed by atoms with Crippen LogP contribution in [0.4, 0.5) is 0 Å².